The van der Waals surface area contributed by atoms with Gasteiger partial charge in [0.05, 0.1) is 0 Å². The zero-order valence-electron chi connectivity index (χ0n) is 10.5. The summed E-state index contributed by atoms with van der Waals surface area (Å²) in [5.41, 5.74) is 1.40. The molecule has 0 saturated carbocycles. The third kappa shape index (κ3) is 3.90. The van der Waals surface area contributed by atoms with Gasteiger partial charge in [0, 0.05) is 12.2 Å². The molecule has 0 aromatic carbocycles. The summed E-state index contributed by atoms with van der Waals surface area (Å²) < 4.78 is 0. The molecule has 84 valence electrons. The smallest absolute Gasteiger partial charge is 0.126 e. The molecule has 0 aliphatic carbocycles. The summed E-state index contributed by atoms with van der Waals surface area (Å²) in [5.74, 6) is 1.60. The highest BCUT2D eigenvalue weighted by atomic mass is 15.0. The molecule has 1 aromatic heterocycles. The Morgan fingerprint density at radius 1 is 1.33 bits per heavy atom. The van der Waals surface area contributed by atoms with E-state index < -0.39 is 0 Å². The lowest BCUT2D eigenvalue weighted by Crippen LogP contribution is -2.25. The minimum Gasteiger partial charge on any atom is -0.370 e. The summed E-state index contributed by atoms with van der Waals surface area (Å²) in [5, 5.41) is 3.38. The van der Waals surface area contributed by atoms with Crippen LogP contribution in [0.5, 0.6) is 0 Å². The van der Waals surface area contributed by atoms with E-state index in [1.54, 1.807) is 0 Å². The Morgan fingerprint density at radius 2 is 2.00 bits per heavy atom. The van der Waals surface area contributed by atoms with Crippen molar-refractivity contribution in [3.8, 4) is 0 Å². The molecule has 0 radical (unpaired) electrons. The first-order chi connectivity index (χ1) is 6.89. The van der Waals surface area contributed by atoms with E-state index in [0.29, 0.717) is 11.3 Å². The van der Waals surface area contributed by atoms with Gasteiger partial charge in [-0.2, -0.15) is 0 Å². The Bertz CT molecular complexity index is 313. The Kier molecular flexibility index (Phi) is 3.72. The standard InChI is InChI=1S/C13H22N2/c1-10(13(3,4)5)9-14-12-8-6-7-11(2)15-12/h6-8,10H,9H2,1-5H3,(H,14,15). The van der Waals surface area contributed by atoms with Crippen LogP contribution in [0.25, 0.3) is 0 Å². The van der Waals surface area contributed by atoms with Gasteiger partial charge in [-0.05, 0) is 30.4 Å². The molecule has 1 atom stereocenters. The van der Waals surface area contributed by atoms with Gasteiger partial charge in [0.15, 0.2) is 0 Å². The van der Waals surface area contributed by atoms with E-state index in [2.05, 4.69) is 38.0 Å². The quantitative estimate of drug-likeness (QED) is 0.819. The molecule has 1 rings (SSSR count). The highest BCUT2D eigenvalue weighted by Crippen LogP contribution is 2.25. The van der Waals surface area contributed by atoms with Crippen molar-refractivity contribution < 1.29 is 0 Å². The van der Waals surface area contributed by atoms with Crippen LogP contribution < -0.4 is 5.32 Å². The van der Waals surface area contributed by atoms with Crippen molar-refractivity contribution in [2.45, 2.75) is 34.6 Å². The van der Waals surface area contributed by atoms with Gasteiger partial charge in [0.25, 0.3) is 0 Å². The molecule has 0 bridgehead atoms. The maximum Gasteiger partial charge on any atom is 0.126 e. The number of nitrogens with zero attached hydrogens (tertiary/aromatic N) is 1. The SMILES string of the molecule is Cc1cccc(NCC(C)C(C)(C)C)n1. The lowest BCUT2D eigenvalue weighted by Gasteiger charge is -2.27. The molecule has 0 aliphatic heterocycles. The Labute approximate surface area is 93.1 Å². The number of pyridine rings is 1. The normalized spacial score (nSPS) is 13.7. The van der Waals surface area contributed by atoms with E-state index in [0.717, 1.165) is 18.1 Å². The van der Waals surface area contributed by atoms with Crippen LogP contribution in [0.1, 0.15) is 33.4 Å². The van der Waals surface area contributed by atoms with Crippen LogP contribution in [0.4, 0.5) is 5.82 Å². The van der Waals surface area contributed by atoms with Crippen LogP contribution in [0.2, 0.25) is 0 Å². The zero-order chi connectivity index (χ0) is 11.5. The minimum atomic E-state index is 0.344. The van der Waals surface area contributed by atoms with Crippen molar-refractivity contribution in [3.63, 3.8) is 0 Å². The van der Waals surface area contributed by atoms with E-state index >= 15 is 0 Å². The van der Waals surface area contributed by atoms with Crippen molar-refractivity contribution in [3.05, 3.63) is 23.9 Å². The molecule has 1 unspecified atom stereocenters. The second-order valence-electron chi connectivity index (χ2n) is 5.31. The van der Waals surface area contributed by atoms with Crippen molar-refractivity contribution in [1.29, 1.82) is 0 Å². The number of rotatable bonds is 3. The molecule has 2 heteroatoms. The second-order valence-corrected chi connectivity index (χ2v) is 5.31. The van der Waals surface area contributed by atoms with Gasteiger partial charge >= 0.3 is 0 Å². The third-order valence-corrected chi connectivity index (χ3v) is 2.96. The van der Waals surface area contributed by atoms with Crippen molar-refractivity contribution in [2.75, 3.05) is 11.9 Å². The zero-order valence-corrected chi connectivity index (χ0v) is 10.5. The average molecular weight is 206 g/mol. The maximum absolute atomic E-state index is 4.42. The Balaban J connectivity index is 2.51. The molecule has 0 aliphatic rings. The van der Waals surface area contributed by atoms with Crippen LogP contribution >= 0.6 is 0 Å². The minimum absolute atomic E-state index is 0.344. The first kappa shape index (κ1) is 12.0. The van der Waals surface area contributed by atoms with Crippen LogP contribution in [-0.4, -0.2) is 11.5 Å². The highest BCUT2D eigenvalue weighted by Gasteiger charge is 2.19. The van der Waals surface area contributed by atoms with E-state index in [4.69, 9.17) is 0 Å². The molecule has 0 saturated heterocycles. The summed E-state index contributed by atoms with van der Waals surface area (Å²) in [7, 11) is 0. The molecule has 0 fully saturated rings. The number of aromatic nitrogens is 1. The fourth-order valence-electron chi connectivity index (χ4n) is 1.21. The number of aryl methyl sites for hydroxylation is 1. The first-order valence-corrected chi connectivity index (χ1v) is 5.57. The molecule has 15 heavy (non-hydrogen) atoms. The van der Waals surface area contributed by atoms with E-state index in [-0.39, 0.29) is 0 Å². The van der Waals surface area contributed by atoms with Gasteiger partial charge in [0.1, 0.15) is 5.82 Å². The molecule has 0 amide bonds. The average Bonchev–Trinajstić information content (AvgIpc) is 2.12. The Morgan fingerprint density at radius 3 is 2.53 bits per heavy atom. The number of nitrogens with one attached hydrogen (secondary N) is 1. The predicted molar refractivity (Wildman–Crippen MR) is 66.1 cm³/mol. The Hall–Kier alpha value is -1.05. The van der Waals surface area contributed by atoms with E-state index in [9.17, 15) is 0 Å². The lowest BCUT2D eigenvalue weighted by atomic mass is 9.82. The van der Waals surface area contributed by atoms with Crippen LogP contribution in [-0.2, 0) is 0 Å². The molecule has 0 spiro atoms. The molecular weight excluding hydrogens is 184 g/mol. The summed E-state index contributed by atoms with van der Waals surface area (Å²) >= 11 is 0. The fraction of sp³-hybridized carbons (Fsp3) is 0.615. The van der Waals surface area contributed by atoms with Gasteiger partial charge < -0.3 is 5.32 Å². The lowest BCUT2D eigenvalue weighted by molar-refractivity contribution is 0.274. The molecule has 1 heterocycles. The number of anilines is 1. The van der Waals surface area contributed by atoms with E-state index in [1.807, 2.05) is 25.1 Å². The molecule has 2 nitrogen and oxygen atoms in total. The summed E-state index contributed by atoms with van der Waals surface area (Å²) in [4.78, 5) is 4.42. The van der Waals surface area contributed by atoms with Gasteiger partial charge in [-0.15, -0.1) is 0 Å². The summed E-state index contributed by atoms with van der Waals surface area (Å²) in [6.07, 6.45) is 0. The number of hydrogen-bond acceptors (Lipinski definition) is 2. The van der Waals surface area contributed by atoms with Crippen LogP contribution in [0.3, 0.4) is 0 Å². The van der Waals surface area contributed by atoms with Crippen molar-refractivity contribution in [1.82, 2.24) is 4.98 Å². The predicted octanol–water partition coefficient (Wildman–Crippen LogP) is 3.48. The second kappa shape index (κ2) is 4.65. The summed E-state index contributed by atoms with van der Waals surface area (Å²) in [6, 6.07) is 6.06. The molecule has 1 aromatic rings. The molecule has 1 N–H and O–H groups in total. The van der Waals surface area contributed by atoms with Crippen LogP contribution in [0, 0.1) is 18.3 Å². The topological polar surface area (TPSA) is 24.9 Å². The van der Waals surface area contributed by atoms with Crippen LogP contribution in [0.15, 0.2) is 18.2 Å². The van der Waals surface area contributed by atoms with Crippen molar-refractivity contribution in [2.24, 2.45) is 11.3 Å². The third-order valence-electron chi connectivity index (χ3n) is 2.96. The van der Waals surface area contributed by atoms with Gasteiger partial charge in [-0.25, -0.2) is 4.98 Å². The monoisotopic (exact) mass is 206 g/mol. The first-order valence-electron chi connectivity index (χ1n) is 5.57. The van der Waals surface area contributed by atoms with Crippen molar-refractivity contribution >= 4 is 5.82 Å². The largest absolute Gasteiger partial charge is 0.370 e. The fourth-order valence-corrected chi connectivity index (χ4v) is 1.21. The van der Waals surface area contributed by atoms with Gasteiger partial charge in [-0.3, -0.25) is 0 Å². The summed E-state index contributed by atoms with van der Waals surface area (Å²) in [6.45, 7) is 12.1. The van der Waals surface area contributed by atoms with Gasteiger partial charge in [0.2, 0.25) is 0 Å². The number of hydrogen-bond donors (Lipinski definition) is 1. The molecular formula is C13H22N2. The van der Waals surface area contributed by atoms with E-state index in [1.165, 1.54) is 0 Å². The highest BCUT2D eigenvalue weighted by molar-refractivity contribution is 5.35. The van der Waals surface area contributed by atoms with Gasteiger partial charge in [-0.1, -0.05) is 33.8 Å². The maximum atomic E-state index is 4.42.